The molecule has 7 aromatic rings. The molecule has 7 aromatic carbocycles. The van der Waals surface area contributed by atoms with Crippen LogP contribution in [0.25, 0.3) is 27.8 Å². The summed E-state index contributed by atoms with van der Waals surface area (Å²) in [5.41, 5.74) is 12.8. The third kappa shape index (κ3) is 13.1. The molecule has 0 heterocycles. The van der Waals surface area contributed by atoms with Gasteiger partial charge in [-0.15, -0.1) is 0 Å². The van der Waals surface area contributed by atoms with E-state index in [2.05, 4.69) is 140 Å². The second kappa shape index (κ2) is 22.7. The number of benzene rings is 7. The van der Waals surface area contributed by atoms with Gasteiger partial charge in [-0.1, -0.05) is 254 Å². The van der Waals surface area contributed by atoms with Crippen molar-refractivity contribution in [2.75, 3.05) is 0 Å². The van der Waals surface area contributed by atoms with Crippen molar-refractivity contribution in [2.45, 2.75) is 59.3 Å². The van der Waals surface area contributed by atoms with Crippen LogP contribution in [-0.4, -0.2) is 35.8 Å². The summed E-state index contributed by atoms with van der Waals surface area (Å²) < 4.78 is 0. The molecule has 0 saturated heterocycles. The van der Waals surface area contributed by atoms with Gasteiger partial charge in [-0.2, -0.15) is 0 Å². The number of rotatable bonds is 12. The summed E-state index contributed by atoms with van der Waals surface area (Å²) in [6, 6.07) is 62.9. The zero-order valence-electron chi connectivity index (χ0n) is 41.4. The van der Waals surface area contributed by atoms with Crippen molar-refractivity contribution in [2.24, 2.45) is 25.9 Å². The number of nitrogens with one attached hydrogen (secondary N) is 2. The van der Waals surface area contributed by atoms with Gasteiger partial charge >= 0.3 is 0 Å². The maximum absolute atomic E-state index is 9.12. The van der Waals surface area contributed by atoms with Crippen LogP contribution in [0.3, 0.4) is 0 Å². The van der Waals surface area contributed by atoms with Crippen LogP contribution < -0.4 is 0 Å². The minimum atomic E-state index is -0.537. The molecule has 0 amide bonds. The average molecular weight is 915 g/mol. The quantitative estimate of drug-likeness (QED) is 0.0694. The molecule has 7 rings (SSSR count). The maximum atomic E-state index is 9.12. The highest BCUT2D eigenvalue weighted by atomic mass is 15.0. The van der Waals surface area contributed by atoms with Crippen LogP contribution >= 0.6 is 0 Å². The minimum absolute atomic E-state index is 0.0542. The Balaban J connectivity index is 1.35. The zero-order chi connectivity index (χ0) is 49.7. The molecule has 0 aliphatic heterocycles. The van der Waals surface area contributed by atoms with E-state index in [0.29, 0.717) is 22.8 Å². The van der Waals surface area contributed by atoms with Gasteiger partial charge in [0.25, 0.3) is 0 Å². The molecule has 0 spiro atoms. The van der Waals surface area contributed by atoms with E-state index >= 15 is 0 Å². The molecule has 0 fully saturated rings. The SMILES string of the molecule is C=C/C=C\C(=C(/C)c1ccccc1)C(C=NC(=NC(=N)c1ccccc1)c1ccc(-c2ccc(C(C)(C)C)cc2)cc1)C=NC(=NC(=N)c1ccccc1)c1ccc(-c2ccc(C(C)(C)C)cc2)cc1. The normalized spacial score (nSPS) is 13.4. The molecule has 0 bridgehead atoms. The Morgan fingerprint density at radius 1 is 0.443 bits per heavy atom. The maximum Gasteiger partial charge on any atom is 0.161 e. The topological polar surface area (TPSA) is 97.1 Å². The predicted molar refractivity (Wildman–Crippen MR) is 300 cm³/mol. The third-order valence-corrected chi connectivity index (χ3v) is 12.1. The molecule has 2 N–H and O–H groups in total. The van der Waals surface area contributed by atoms with Crippen molar-refractivity contribution < 1.29 is 0 Å². The van der Waals surface area contributed by atoms with Crippen molar-refractivity contribution in [3.05, 3.63) is 257 Å². The molecule has 0 aliphatic rings. The lowest BCUT2D eigenvalue weighted by Gasteiger charge is -2.19. The Labute approximate surface area is 415 Å². The number of hydrogen-bond acceptors (Lipinski definition) is 2. The van der Waals surface area contributed by atoms with Crippen LogP contribution in [0.15, 0.2) is 238 Å². The molecule has 0 atom stereocenters. The molecule has 6 heteroatoms. The predicted octanol–water partition coefficient (Wildman–Crippen LogP) is 15.8. The van der Waals surface area contributed by atoms with Gasteiger partial charge in [0.1, 0.15) is 0 Å². The lowest BCUT2D eigenvalue weighted by Crippen LogP contribution is -2.13. The lowest BCUT2D eigenvalue weighted by atomic mass is 9.86. The fourth-order valence-corrected chi connectivity index (χ4v) is 7.83. The number of allylic oxidation sites excluding steroid dienone is 5. The van der Waals surface area contributed by atoms with Gasteiger partial charge in [0.15, 0.2) is 23.3 Å². The van der Waals surface area contributed by atoms with E-state index < -0.39 is 5.92 Å². The number of aliphatic imine (C=N–C) groups is 4. The van der Waals surface area contributed by atoms with Crippen molar-refractivity contribution >= 4 is 41.3 Å². The molecular formula is C64H62N6. The van der Waals surface area contributed by atoms with Crippen LogP contribution in [0.5, 0.6) is 0 Å². The number of nitrogens with zero attached hydrogens (tertiary/aromatic N) is 4. The smallest absolute Gasteiger partial charge is 0.161 e. The van der Waals surface area contributed by atoms with E-state index in [-0.39, 0.29) is 22.5 Å². The highest BCUT2D eigenvalue weighted by Crippen LogP contribution is 2.29. The van der Waals surface area contributed by atoms with E-state index in [4.69, 9.17) is 30.8 Å². The van der Waals surface area contributed by atoms with Crippen LogP contribution in [0.4, 0.5) is 0 Å². The number of hydrogen-bond donors (Lipinski definition) is 2. The third-order valence-electron chi connectivity index (χ3n) is 12.1. The molecule has 0 aromatic heterocycles. The van der Waals surface area contributed by atoms with E-state index in [1.165, 1.54) is 11.1 Å². The summed E-state index contributed by atoms with van der Waals surface area (Å²) in [6.07, 6.45) is 9.36. The zero-order valence-corrected chi connectivity index (χ0v) is 41.4. The summed E-state index contributed by atoms with van der Waals surface area (Å²) in [6.45, 7) is 19.4. The van der Waals surface area contributed by atoms with E-state index in [1.54, 1.807) is 6.08 Å². The van der Waals surface area contributed by atoms with Crippen LogP contribution in [-0.2, 0) is 10.8 Å². The first-order valence-corrected chi connectivity index (χ1v) is 23.7. The van der Waals surface area contributed by atoms with Crippen molar-refractivity contribution in [1.29, 1.82) is 10.8 Å². The van der Waals surface area contributed by atoms with Gasteiger partial charge in [-0.25, -0.2) is 20.0 Å². The van der Waals surface area contributed by atoms with Crippen LogP contribution in [0.1, 0.15) is 87.4 Å². The molecule has 0 radical (unpaired) electrons. The average Bonchev–Trinajstić information content (AvgIpc) is 3.38. The van der Waals surface area contributed by atoms with E-state index in [0.717, 1.165) is 50.1 Å². The molecule has 70 heavy (non-hydrogen) atoms. The minimum Gasteiger partial charge on any atom is -0.282 e. The van der Waals surface area contributed by atoms with E-state index in [1.807, 2.05) is 128 Å². The number of amidine groups is 4. The monoisotopic (exact) mass is 915 g/mol. The molecule has 6 nitrogen and oxygen atoms in total. The first-order valence-electron chi connectivity index (χ1n) is 23.7. The Morgan fingerprint density at radius 2 is 0.771 bits per heavy atom. The summed E-state index contributed by atoms with van der Waals surface area (Å²) in [5, 5.41) is 18.2. The fraction of sp³-hybridized carbons (Fsp3) is 0.156. The summed E-state index contributed by atoms with van der Waals surface area (Å²) in [7, 11) is 0. The highest BCUT2D eigenvalue weighted by molar-refractivity contribution is 6.15. The molecule has 0 saturated carbocycles. The van der Waals surface area contributed by atoms with Crippen molar-refractivity contribution in [1.82, 2.24) is 0 Å². The second-order valence-electron chi connectivity index (χ2n) is 19.2. The first kappa shape index (κ1) is 49.7. The Kier molecular flexibility index (Phi) is 16.1. The fourth-order valence-electron chi connectivity index (χ4n) is 7.83. The molecule has 348 valence electrons. The van der Waals surface area contributed by atoms with Gasteiger partial charge in [0.2, 0.25) is 0 Å². The van der Waals surface area contributed by atoms with Gasteiger partial charge in [0.05, 0.1) is 5.92 Å². The van der Waals surface area contributed by atoms with Gasteiger partial charge < -0.3 is 0 Å². The molecule has 0 aliphatic carbocycles. The lowest BCUT2D eigenvalue weighted by molar-refractivity contribution is 0.590. The second-order valence-corrected chi connectivity index (χ2v) is 19.2. The largest absolute Gasteiger partial charge is 0.282 e. The highest BCUT2D eigenvalue weighted by Gasteiger charge is 2.18. The van der Waals surface area contributed by atoms with Gasteiger partial charge in [-0.3, -0.25) is 10.8 Å². The van der Waals surface area contributed by atoms with E-state index in [9.17, 15) is 0 Å². The summed E-state index contributed by atoms with van der Waals surface area (Å²) in [5.74, 6) is 0.384. The Hall–Kier alpha value is -8.22. The molecule has 0 unspecified atom stereocenters. The van der Waals surface area contributed by atoms with Crippen molar-refractivity contribution in [3.8, 4) is 22.3 Å². The Bertz CT molecular complexity index is 2910. The van der Waals surface area contributed by atoms with Crippen LogP contribution in [0.2, 0.25) is 0 Å². The summed E-state index contributed by atoms with van der Waals surface area (Å²) >= 11 is 0. The van der Waals surface area contributed by atoms with Gasteiger partial charge in [0, 0.05) is 34.7 Å². The first-order chi connectivity index (χ1) is 33.7. The standard InChI is InChI=1S/C64H62N6/c1-9-10-26-58(45(2)46-20-14-11-15-21-46)55(43-67-61(69-59(65)51-22-16-12-17-23-51)53-31-27-47(28-32-53)49-35-39-56(40-36-49)63(3,4)5)44-68-62(70-60(66)52-24-18-13-19-25-52)54-33-29-48(30-34-54)50-37-41-57(42-38-50)64(6,7)8/h9-44,55,65-66H,1H2,2-8H3/b26-10-,58-45-,65-59?,66-60?,67-43?,68-44?,69-61?,70-62?. The molecular weight excluding hydrogens is 853 g/mol. The summed E-state index contributed by atoms with van der Waals surface area (Å²) in [4.78, 5) is 20.0. The van der Waals surface area contributed by atoms with Gasteiger partial charge in [-0.05, 0) is 67.8 Å². The van der Waals surface area contributed by atoms with Crippen molar-refractivity contribution in [3.63, 3.8) is 0 Å². The van der Waals surface area contributed by atoms with Crippen LogP contribution in [0, 0.1) is 16.7 Å². The Morgan fingerprint density at radius 3 is 1.10 bits per heavy atom.